The lowest BCUT2D eigenvalue weighted by molar-refractivity contribution is 0.660. The minimum absolute atomic E-state index is 0.0920. The van der Waals surface area contributed by atoms with Crippen molar-refractivity contribution in [2.24, 2.45) is 0 Å². The van der Waals surface area contributed by atoms with E-state index in [1.54, 1.807) is 0 Å². The predicted molar refractivity (Wildman–Crippen MR) is 270 cm³/mol. The number of fused-ring (bicyclic) bond motifs is 12. The summed E-state index contributed by atoms with van der Waals surface area (Å²) in [6, 6.07) is 71.7. The molecular formula is C61H40N4. The van der Waals surface area contributed by atoms with Crippen LogP contribution < -0.4 is 0 Å². The van der Waals surface area contributed by atoms with Crippen LogP contribution in [0, 0.1) is 0 Å². The summed E-state index contributed by atoms with van der Waals surface area (Å²) < 4.78 is 0. The van der Waals surface area contributed by atoms with Gasteiger partial charge in [-0.15, -0.1) is 0 Å². The number of hydrogen-bond acceptors (Lipinski definition) is 4. The van der Waals surface area contributed by atoms with Gasteiger partial charge in [0.05, 0.1) is 34.3 Å². The smallest absolute Gasteiger partial charge is 0.160 e. The second-order valence-corrected chi connectivity index (χ2v) is 17.8. The lowest BCUT2D eigenvalue weighted by Gasteiger charge is -2.21. The van der Waals surface area contributed by atoms with E-state index in [1.807, 2.05) is 12.3 Å². The highest BCUT2D eigenvalue weighted by atomic mass is 14.9. The second-order valence-electron chi connectivity index (χ2n) is 17.8. The molecule has 1 aliphatic carbocycles. The van der Waals surface area contributed by atoms with Crippen molar-refractivity contribution in [2.75, 3.05) is 0 Å². The Kier molecular flexibility index (Phi) is 8.22. The van der Waals surface area contributed by atoms with Crippen LogP contribution in [0.25, 0.3) is 122 Å². The largest absolute Gasteiger partial charge is 0.252 e. The van der Waals surface area contributed by atoms with Crippen LogP contribution in [0.3, 0.4) is 0 Å². The summed E-state index contributed by atoms with van der Waals surface area (Å²) in [5.41, 5.74) is 15.5. The molecule has 0 aliphatic heterocycles. The summed E-state index contributed by atoms with van der Waals surface area (Å²) in [5.74, 6) is 0.640. The summed E-state index contributed by atoms with van der Waals surface area (Å²) in [7, 11) is 0. The third-order valence-electron chi connectivity index (χ3n) is 13.7. The van der Waals surface area contributed by atoms with E-state index in [-0.39, 0.29) is 5.41 Å². The Hall–Kier alpha value is -8.34. The highest BCUT2D eigenvalue weighted by Crippen LogP contribution is 2.50. The standard InChI is InChI=1S/C61H40N4/c1-61(2)53-27-15-14-24-48(53)52-34-39(28-29-54(52)61)56-35-55(37-16-4-3-5-17-37)64-60(65-56)42-31-40(51-33-38-18-6-7-19-43(38)44-20-8-9-23-47(44)51)30-41(32-42)57-36-62-58-49-25-12-10-21-45(49)46-22-11-13-26-50(46)59(58)63-57/h3-36H,1-2H3. The van der Waals surface area contributed by atoms with Crippen LogP contribution in [-0.4, -0.2) is 19.9 Å². The monoisotopic (exact) mass is 828 g/mol. The fourth-order valence-corrected chi connectivity index (χ4v) is 10.5. The van der Waals surface area contributed by atoms with E-state index in [0.29, 0.717) is 5.82 Å². The summed E-state index contributed by atoms with van der Waals surface area (Å²) in [4.78, 5) is 21.6. The molecule has 4 heteroatoms. The van der Waals surface area contributed by atoms with E-state index in [2.05, 4.69) is 208 Å². The van der Waals surface area contributed by atoms with Gasteiger partial charge in [0.15, 0.2) is 5.82 Å². The van der Waals surface area contributed by atoms with Crippen molar-refractivity contribution in [1.29, 1.82) is 0 Å². The van der Waals surface area contributed by atoms with E-state index in [1.165, 1.54) is 49.2 Å². The second kappa shape index (κ2) is 14.3. The first-order chi connectivity index (χ1) is 32.0. The summed E-state index contributed by atoms with van der Waals surface area (Å²) >= 11 is 0. The molecule has 0 fully saturated rings. The van der Waals surface area contributed by atoms with Crippen molar-refractivity contribution in [3.8, 4) is 67.4 Å². The molecule has 0 unspecified atom stereocenters. The average Bonchev–Trinajstić information content (AvgIpc) is 3.61. The SMILES string of the molecule is CC1(C)c2ccccc2-c2cc(-c3cc(-c4ccccc4)nc(-c4cc(-c5cnc6c7ccccc7c7ccccc7c6n5)cc(-c5cc6ccccc6c6ccccc56)c4)n3)ccc21. The Morgan fingerprint density at radius 3 is 1.66 bits per heavy atom. The first kappa shape index (κ1) is 37.2. The van der Waals surface area contributed by atoms with Crippen LogP contribution in [0.5, 0.6) is 0 Å². The van der Waals surface area contributed by atoms with Gasteiger partial charge in [0, 0.05) is 38.4 Å². The van der Waals surface area contributed by atoms with Crippen LogP contribution >= 0.6 is 0 Å². The highest BCUT2D eigenvalue weighted by molar-refractivity contribution is 6.23. The topological polar surface area (TPSA) is 51.6 Å². The van der Waals surface area contributed by atoms with Crippen molar-refractivity contribution < 1.29 is 0 Å². The molecule has 65 heavy (non-hydrogen) atoms. The Balaban J connectivity index is 1.07. The Morgan fingerprint density at radius 2 is 0.892 bits per heavy atom. The molecule has 10 aromatic carbocycles. The number of hydrogen-bond donors (Lipinski definition) is 0. The van der Waals surface area contributed by atoms with Gasteiger partial charge in [0.1, 0.15) is 0 Å². The summed E-state index contributed by atoms with van der Waals surface area (Å²) in [6.45, 7) is 4.64. The molecule has 2 heterocycles. The van der Waals surface area contributed by atoms with Crippen LogP contribution in [0.2, 0.25) is 0 Å². The van der Waals surface area contributed by atoms with Gasteiger partial charge >= 0.3 is 0 Å². The molecule has 13 rings (SSSR count). The maximum Gasteiger partial charge on any atom is 0.160 e. The van der Waals surface area contributed by atoms with Crippen molar-refractivity contribution in [3.05, 3.63) is 218 Å². The van der Waals surface area contributed by atoms with Gasteiger partial charge in [0.2, 0.25) is 0 Å². The van der Waals surface area contributed by atoms with E-state index in [4.69, 9.17) is 19.9 Å². The van der Waals surface area contributed by atoms with E-state index >= 15 is 0 Å². The highest BCUT2D eigenvalue weighted by Gasteiger charge is 2.35. The fraction of sp³-hybridized carbons (Fsp3) is 0.0492. The quantitative estimate of drug-likeness (QED) is 0.162. The molecule has 1 aliphatic rings. The molecule has 304 valence electrons. The van der Waals surface area contributed by atoms with Gasteiger partial charge in [-0.2, -0.15) is 0 Å². The maximum atomic E-state index is 5.50. The zero-order chi connectivity index (χ0) is 43.2. The first-order valence-corrected chi connectivity index (χ1v) is 22.3. The summed E-state index contributed by atoms with van der Waals surface area (Å²) in [6.07, 6.45) is 1.93. The molecule has 12 aromatic rings. The predicted octanol–water partition coefficient (Wildman–Crippen LogP) is 15.7. The third-order valence-corrected chi connectivity index (χ3v) is 13.7. The Morgan fingerprint density at radius 1 is 0.323 bits per heavy atom. The molecule has 0 saturated heterocycles. The molecular weight excluding hydrogens is 789 g/mol. The minimum atomic E-state index is -0.0920. The maximum absolute atomic E-state index is 5.50. The third kappa shape index (κ3) is 5.91. The lowest BCUT2D eigenvalue weighted by Crippen LogP contribution is -2.14. The van der Waals surface area contributed by atoms with Gasteiger partial charge in [-0.3, -0.25) is 4.98 Å². The van der Waals surface area contributed by atoms with Gasteiger partial charge in [0.25, 0.3) is 0 Å². The number of aromatic nitrogens is 4. The number of nitrogens with zero attached hydrogens (tertiary/aromatic N) is 4. The zero-order valence-corrected chi connectivity index (χ0v) is 35.9. The van der Waals surface area contributed by atoms with Gasteiger partial charge in [-0.1, -0.05) is 178 Å². The van der Waals surface area contributed by atoms with E-state index in [0.717, 1.165) is 77.7 Å². The lowest BCUT2D eigenvalue weighted by atomic mass is 9.82. The molecule has 0 bridgehead atoms. The van der Waals surface area contributed by atoms with Crippen LogP contribution in [0.4, 0.5) is 0 Å². The molecule has 0 radical (unpaired) electrons. The molecule has 2 aromatic heterocycles. The molecule has 0 atom stereocenters. The average molecular weight is 829 g/mol. The van der Waals surface area contributed by atoms with Crippen molar-refractivity contribution >= 4 is 54.1 Å². The Labute approximate surface area is 376 Å². The molecule has 0 spiro atoms. The van der Waals surface area contributed by atoms with Crippen molar-refractivity contribution in [3.63, 3.8) is 0 Å². The normalized spacial score (nSPS) is 12.9. The van der Waals surface area contributed by atoms with Crippen molar-refractivity contribution in [2.45, 2.75) is 19.3 Å². The molecule has 4 nitrogen and oxygen atoms in total. The minimum Gasteiger partial charge on any atom is -0.252 e. The summed E-state index contributed by atoms with van der Waals surface area (Å²) in [5, 5.41) is 9.31. The van der Waals surface area contributed by atoms with E-state index in [9.17, 15) is 0 Å². The van der Waals surface area contributed by atoms with Gasteiger partial charge < -0.3 is 0 Å². The van der Waals surface area contributed by atoms with Crippen molar-refractivity contribution in [1.82, 2.24) is 19.9 Å². The number of rotatable bonds is 5. The Bertz CT molecular complexity index is 3890. The molecule has 0 N–H and O–H groups in total. The first-order valence-electron chi connectivity index (χ1n) is 22.3. The zero-order valence-electron chi connectivity index (χ0n) is 35.9. The van der Waals surface area contributed by atoms with Crippen LogP contribution in [0.1, 0.15) is 25.0 Å². The van der Waals surface area contributed by atoms with Gasteiger partial charge in [-0.25, -0.2) is 15.0 Å². The van der Waals surface area contributed by atoms with E-state index < -0.39 is 0 Å². The molecule has 0 saturated carbocycles. The van der Waals surface area contributed by atoms with Crippen LogP contribution in [0.15, 0.2) is 206 Å². The van der Waals surface area contributed by atoms with Gasteiger partial charge in [-0.05, 0) is 102 Å². The molecule has 0 amide bonds. The fourth-order valence-electron chi connectivity index (χ4n) is 10.5. The van der Waals surface area contributed by atoms with Crippen LogP contribution in [-0.2, 0) is 5.41 Å². The number of benzene rings is 10.